The van der Waals surface area contributed by atoms with Crippen LogP contribution in [0, 0.1) is 5.92 Å². The third-order valence-electron chi connectivity index (χ3n) is 3.77. The van der Waals surface area contributed by atoms with Crippen LogP contribution in [-0.2, 0) is 13.6 Å². The largest absolute Gasteiger partial charge is 0.391 e. The fourth-order valence-electron chi connectivity index (χ4n) is 2.34. The molecule has 2 aromatic rings. The number of aromatic nitrogens is 4. The molecule has 96 valence electrons. The van der Waals surface area contributed by atoms with Crippen LogP contribution in [0.2, 0.25) is 0 Å². The van der Waals surface area contributed by atoms with Gasteiger partial charge in [-0.25, -0.2) is 9.97 Å². The van der Waals surface area contributed by atoms with E-state index in [9.17, 15) is 9.90 Å². The Morgan fingerprint density at radius 1 is 1.44 bits per heavy atom. The third kappa shape index (κ3) is 1.73. The predicted molar refractivity (Wildman–Crippen MR) is 66.1 cm³/mol. The zero-order chi connectivity index (χ0) is 12.7. The summed E-state index contributed by atoms with van der Waals surface area (Å²) in [6, 6.07) is 0. The van der Waals surface area contributed by atoms with Crippen LogP contribution in [0.1, 0.15) is 19.3 Å². The van der Waals surface area contributed by atoms with Crippen LogP contribution in [0.5, 0.6) is 0 Å². The molecule has 18 heavy (non-hydrogen) atoms. The standard InChI is InChI=1S/C12H16N4O2/c1-15-6-13-10-11(15)14-7-16(12(10)18)5-9(17)8-3-2-4-8/h6-9,17H,2-5H2,1H3. The van der Waals surface area contributed by atoms with Crippen molar-refractivity contribution in [1.29, 1.82) is 0 Å². The second-order valence-corrected chi connectivity index (χ2v) is 4.99. The molecule has 6 nitrogen and oxygen atoms in total. The smallest absolute Gasteiger partial charge is 0.281 e. The van der Waals surface area contributed by atoms with Crippen LogP contribution in [-0.4, -0.2) is 30.3 Å². The van der Waals surface area contributed by atoms with Crippen molar-refractivity contribution in [3.63, 3.8) is 0 Å². The number of fused-ring (bicyclic) bond motifs is 1. The van der Waals surface area contributed by atoms with E-state index in [-0.39, 0.29) is 5.56 Å². The van der Waals surface area contributed by atoms with Crippen LogP contribution < -0.4 is 5.56 Å². The normalized spacial score (nSPS) is 17.9. The Hall–Kier alpha value is -1.69. The molecule has 0 aliphatic heterocycles. The molecule has 0 radical (unpaired) electrons. The van der Waals surface area contributed by atoms with E-state index >= 15 is 0 Å². The first-order valence-corrected chi connectivity index (χ1v) is 6.21. The second-order valence-electron chi connectivity index (χ2n) is 4.99. The van der Waals surface area contributed by atoms with Gasteiger partial charge in [0.25, 0.3) is 5.56 Å². The molecule has 1 saturated carbocycles. The minimum absolute atomic E-state index is 0.182. The third-order valence-corrected chi connectivity index (χ3v) is 3.77. The molecule has 1 aliphatic carbocycles. The SMILES string of the molecule is Cn1cnc2c(=O)n(CC(O)C3CCC3)cnc21. The molecule has 1 atom stereocenters. The minimum atomic E-state index is -0.459. The van der Waals surface area contributed by atoms with Crippen LogP contribution >= 0.6 is 0 Å². The topological polar surface area (TPSA) is 72.9 Å². The highest BCUT2D eigenvalue weighted by Gasteiger charge is 2.26. The van der Waals surface area contributed by atoms with Gasteiger partial charge in [0.05, 0.1) is 19.0 Å². The number of rotatable bonds is 3. The van der Waals surface area contributed by atoms with Crippen molar-refractivity contribution in [2.24, 2.45) is 13.0 Å². The number of hydrogen-bond acceptors (Lipinski definition) is 4. The van der Waals surface area contributed by atoms with Gasteiger partial charge in [-0.1, -0.05) is 6.42 Å². The Morgan fingerprint density at radius 3 is 2.89 bits per heavy atom. The second kappa shape index (κ2) is 4.20. The fraction of sp³-hybridized carbons (Fsp3) is 0.583. The van der Waals surface area contributed by atoms with E-state index < -0.39 is 6.10 Å². The number of hydrogen-bond donors (Lipinski definition) is 1. The van der Waals surface area contributed by atoms with Crippen molar-refractivity contribution in [2.45, 2.75) is 31.9 Å². The number of aliphatic hydroxyl groups excluding tert-OH is 1. The van der Waals surface area contributed by atoms with Crippen LogP contribution in [0.3, 0.4) is 0 Å². The summed E-state index contributed by atoms with van der Waals surface area (Å²) in [5, 5.41) is 10.0. The van der Waals surface area contributed by atoms with E-state index in [4.69, 9.17) is 0 Å². The molecule has 3 rings (SSSR count). The summed E-state index contributed by atoms with van der Waals surface area (Å²) >= 11 is 0. The summed E-state index contributed by atoms with van der Waals surface area (Å²) in [5.41, 5.74) is 0.758. The van der Waals surface area contributed by atoms with Crippen molar-refractivity contribution >= 4 is 11.2 Å². The summed E-state index contributed by atoms with van der Waals surface area (Å²) in [4.78, 5) is 20.4. The Balaban J connectivity index is 1.92. The lowest BCUT2D eigenvalue weighted by Gasteiger charge is -2.30. The van der Waals surface area contributed by atoms with Crippen LogP contribution in [0.15, 0.2) is 17.4 Å². The molecule has 0 bridgehead atoms. The first-order valence-electron chi connectivity index (χ1n) is 6.21. The van der Waals surface area contributed by atoms with Gasteiger partial charge in [-0.2, -0.15) is 0 Å². The molecule has 0 spiro atoms. The van der Waals surface area contributed by atoms with Crippen molar-refractivity contribution < 1.29 is 5.11 Å². The number of aryl methyl sites for hydroxylation is 1. The molecule has 1 N–H and O–H groups in total. The monoisotopic (exact) mass is 248 g/mol. The molecule has 0 saturated heterocycles. The van der Waals surface area contributed by atoms with Crippen molar-refractivity contribution in [3.8, 4) is 0 Å². The highest BCUT2D eigenvalue weighted by atomic mass is 16.3. The van der Waals surface area contributed by atoms with E-state index in [2.05, 4.69) is 9.97 Å². The minimum Gasteiger partial charge on any atom is -0.391 e. The summed E-state index contributed by atoms with van der Waals surface area (Å²) in [7, 11) is 1.80. The maximum Gasteiger partial charge on any atom is 0.281 e. The van der Waals surface area contributed by atoms with E-state index in [1.165, 1.54) is 17.3 Å². The van der Waals surface area contributed by atoms with Gasteiger partial charge in [0.1, 0.15) is 6.33 Å². The lowest BCUT2D eigenvalue weighted by molar-refractivity contribution is 0.0478. The van der Waals surface area contributed by atoms with Crippen LogP contribution in [0.25, 0.3) is 11.2 Å². The van der Waals surface area contributed by atoms with Crippen LogP contribution in [0.4, 0.5) is 0 Å². The predicted octanol–water partition coefficient (Wildman–Crippen LogP) is 0.291. The summed E-state index contributed by atoms with van der Waals surface area (Å²) in [5.74, 6) is 0.330. The maximum atomic E-state index is 12.1. The molecule has 0 aromatic carbocycles. The molecule has 0 amide bonds. The lowest BCUT2D eigenvalue weighted by atomic mass is 9.81. The van der Waals surface area contributed by atoms with Gasteiger partial charge in [0.15, 0.2) is 11.2 Å². The van der Waals surface area contributed by atoms with E-state index in [0.29, 0.717) is 23.6 Å². The molecule has 6 heteroatoms. The summed E-state index contributed by atoms with van der Waals surface area (Å²) in [6.45, 7) is 0.309. The van der Waals surface area contributed by atoms with Gasteiger partial charge >= 0.3 is 0 Å². The Bertz CT molecular complexity index is 627. The highest BCUT2D eigenvalue weighted by Crippen LogP contribution is 2.29. The first-order chi connectivity index (χ1) is 8.66. The molecular formula is C12H16N4O2. The van der Waals surface area contributed by atoms with E-state index in [1.807, 2.05) is 0 Å². The fourth-order valence-corrected chi connectivity index (χ4v) is 2.34. The Labute approximate surface area is 104 Å². The van der Waals surface area contributed by atoms with Gasteiger partial charge < -0.3 is 9.67 Å². The molecular weight excluding hydrogens is 232 g/mol. The molecule has 2 heterocycles. The van der Waals surface area contributed by atoms with E-state index in [1.54, 1.807) is 17.9 Å². The van der Waals surface area contributed by atoms with Crippen molar-refractivity contribution in [3.05, 3.63) is 23.0 Å². The molecule has 1 fully saturated rings. The average Bonchev–Trinajstić information content (AvgIpc) is 2.63. The van der Waals surface area contributed by atoms with Gasteiger partial charge in [-0.15, -0.1) is 0 Å². The van der Waals surface area contributed by atoms with Gasteiger partial charge in [0.2, 0.25) is 0 Å². The number of nitrogens with zero attached hydrogens (tertiary/aromatic N) is 4. The zero-order valence-electron chi connectivity index (χ0n) is 10.3. The molecule has 1 unspecified atom stereocenters. The van der Waals surface area contributed by atoms with Gasteiger partial charge in [-0.05, 0) is 18.8 Å². The van der Waals surface area contributed by atoms with Gasteiger partial charge in [0, 0.05) is 7.05 Å². The van der Waals surface area contributed by atoms with Gasteiger partial charge in [-0.3, -0.25) is 9.36 Å². The lowest BCUT2D eigenvalue weighted by Crippen LogP contribution is -2.34. The first kappa shape index (κ1) is 11.4. The highest BCUT2D eigenvalue weighted by molar-refractivity contribution is 5.68. The molecule has 2 aromatic heterocycles. The maximum absolute atomic E-state index is 12.1. The summed E-state index contributed by atoms with van der Waals surface area (Å²) in [6.07, 6.45) is 5.89. The zero-order valence-corrected chi connectivity index (χ0v) is 10.3. The molecule has 1 aliphatic rings. The van der Waals surface area contributed by atoms with Crippen molar-refractivity contribution in [1.82, 2.24) is 19.1 Å². The average molecular weight is 248 g/mol. The number of imidazole rings is 1. The Morgan fingerprint density at radius 2 is 2.22 bits per heavy atom. The van der Waals surface area contributed by atoms with E-state index in [0.717, 1.165) is 12.8 Å². The quantitative estimate of drug-likeness (QED) is 0.847. The summed E-state index contributed by atoms with van der Waals surface area (Å²) < 4.78 is 3.17. The number of aliphatic hydroxyl groups is 1. The Kier molecular flexibility index (Phi) is 2.66. The van der Waals surface area contributed by atoms with Crippen molar-refractivity contribution in [2.75, 3.05) is 0 Å².